The molecule has 5 rings (SSSR count). The van der Waals surface area contributed by atoms with E-state index in [4.69, 9.17) is 0 Å². The lowest BCUT2D eigenvalue weighted by molar-refractivity contribution is -0.126. The Bertz CT molecular complexity index is 1050. The topological polar surface area (TPSA) is 69.7 Å². The predicted octanol–water partition coefficient (Wildman–Crippen LogP) is 3.07. The number of likely N-dealkylation sites (tertiary alicyclic amines) is 1. The van der Waals surface area contributed by atoms with Gasteiger partial charge in [0.25, 0.3) is 5.91 Å². The SMILES string of the molecule is C=C1CCC(N2Cc3cc(C4CCN(CC5=CCC(=O)C=C5)CC4)ccc3C2=O)C(=O)N1. The summed E-state index contributed by atoms with van der Waals surface area (Å²) in [6.07, 6.45) is 9.70. The molecule has 6 nitrogen and oxygen atoms in total. The van der Waals surface area contributed by atoms with Crippen LogP contribution >= 0.6 is 0 Å². The number of ketones is 1. The first-order chi connectivity index (χ1) is 15.5. The van der Waals surface area contributed by atoms with E-state index in [1.54, 1.807) is 11.0 Å². The van der Waals surface area contributed by atoms with E-state index in [0.29, 0.717) is 31.7 Å². The molecular formula is C26H29N3O3. The second kappa shape index (κ2) is 8.51. The maximum atomic E-state index is 12.9. The van der Waals surface area contributed by atoms with Gasteiger partial charge in [-0.1, -0.05) is 30.9 Å². The number of hydrogen-bond acceptors (Lipinski definition) is 4. The van der Waals surface area contributed by atoms with E-state index in [-0.39, 0.29) is 17.6 Å². The van der Waals surface area contributed by atoms with Gasteiger partial charge in [-0.05, 0) is 73.5 Å². The predicted molar refractivity (Wildman–Crippen MR) is 122 cm³/mol. The number of piperidine rings is 2. The van der Waals surface area contributed by atoms with Crippen molar-refractivity contribution in [2.75, 3.05) is 19.6 Å². The molecule has 0 aromatic heterocycles. The summed E-state index contributed by atoms with van der Waals surface area (Å²) in [6.45, 7) is 7.29. The summed E-state index contributed by atoms with van der Waals surface area (Å²) >= 11 is 0. The molecule has 32 heavy (non-hydrogen) atoms. The van der Waals surface area contributed by atoms with Crippen molar-refractivity contribution in [3.8, 4) is 0 Å². The zero-order valence-electron chi connectivity index (χ0n) is 18.3. The van der Waals surface area contributed by atoms with Crippen molar-refractivity contribution in [3.05, 3.63) is 71.0 Å². The molecule has 1 aliphatic carbocycles. The number of amides is 2. The Balaban J connectivity index is 1.21. The first-order valence-corrected chi connectivity index (χ1v) is 11.5. The van der Waals surface area contributed by atoms with Crippen LogP contribution in [0.3, 0.4) is 0 Å². The molecule has 6 heteroatoms. The third kappa shape index (κ3) is 4.07. The number of fused-ring (bicyclic) bond motifs is 1. The van der Waals surface area contributed by atoms with Crippen LogP contribution in [0, 0.1) is 0 Å². The maximum absolute atomic E-state index is 12.9. The normalized spacial score (nSPS) is 24.6. The van der Waals surface area contributed by atoms with Crippen LogP contribution in [0.1, 0.15) is 59.5 Å². The zero-order valence-corrected chi connectivity index (χ0v) is 18.3. The summed E-state index contributed by atoms with van der Waals surface area (Å²) in [4.78, 5) is 40.9. The monoisotopic (exact) mass is 431 g/mol. The Morgan fingerprint density at radius 1 is 1.06 bits per heavy atom. The van der Waals surface area contributed by atoms with Gasteiger partial charge in [0, 0.05) is 30.8 Å². The fraction of sp³-hybridized carbons (Fsp3) is 0.423. The molecule has 2 saturated heterocycles. The van der Waals surface area contributed by atoms with E-state index in [1.165, 1.54) is 11.1 Å². The van der Waals surface area contributed by atoms with Crippen molar-refractivity contribution in [2.45, 2.75) is 50.6 Å². The minimum absolute atomic E-state index is 0.0404. The highest BCUT2D eigenvalue weighted by Gasteiger charge is 2.38. The van der Waals surface area contributed by atoms with Gasteiger partial charge in [0.1, 0.15) is 6.04 Å². The lowest BCUT2D eigenvalue weighted by atomic mass is 9.87. The van der Waals surface area contributed by atoms with E-state index >= 15 is 0 Å². The van der Waals surface area contributed by atoms with Crippen LogP contribution in [0.2, 0.25) is 0 Å². The second-order valence-corrected chi connectivity index (χ2v) is 9.33. The Morgan fingerprint density at radius 3 is 2.59 bits per heavy atom. The van der Waals surface area contributed by atoms with Crippen molar-refractivity contribution in [1.29, 1.82) is 0 Å². The molecule has 3 aliphatic heterocycles. The molecule has 1 N–H and O–H groups in total. The molecule has 2 amide bonds. The molecule has 1 aromatic carbocycles. The Kier molecular flexibility index (Phi) is 5.55. The van der Waals surface area contributed by atoms with E-state index in [1.807, 2.05) is 18.2 Å². The number of rotatable bonds is 4. The average molecular weight is 432 g/mol. The largest absolute Gasteiger partial charge is 0.329 e. The molecule has 0 saturated carbocycles. The molecule has 1 atom stereocenters. The lowest BCUT2D eigenvalue weighted by Gasteiger charge is -2.32. The molecule has 2 fully saturated rings. The average Bonchev–Trinajstić information content (AvgIpc) is 3.11. The smallest absolute Gasteiger partial charge is 0.255 e. The molecule has 0 radical (unpaired) electrons. The lowest BCUT2D eigenvalue weighted by Crippen LogP contribution is -2.49. The summed E-state index contributed by atoms with van der Waals surface area (Å²) in [7, 11) is 0. The fourth-order valence-corrected chi connectivity index (χ4v) is 5.30. The third-order valence-corrected chi connectivity index (χ3v) is 7.17. The van der Waals surface area contributed by atoms with Crippen molar-refractivity contribution in [1.82, 2.24) is 15.1 Å². The number of benzene rings is 1. The minimum atomic E-state index is -0.412. The van der Waals surface area contributed by atoms with Crippen LogP contribution in [0.4, 0.5) is 0 Å². The van der Waals surface area contributed by atoms with Crippen molar-refractivity contribution >= 4 is 17.6 Å². The number of nitrogens with zero attached hydrogens (tertiary/aromatic N) is 2. The highest BCUT2D eigenvalue weighted by molar-refractivity contribution is 6.01. The highest BCUT2D eigenvalue weighted by Crippen LogP contribution is 2.34. The first kappa shape index (κ1) is 20.9. The summed E-state index contributed by atoms with van der Waals surface area (Å²) in [6, 6.07) is 5.82. The molecule has 166 valence electrons. The number of nitrogens with one attached hydrogen (secondary N) is 1. The van der Waals surface area contributed by atoms with Crippen LogP contribution < -0.4 is 5.32 Å². The number of carbonyl (C=O) groups is 3. The summed E-state index contributed by atoms with van der Waals surface area (Å²) in [5.74, 6) is 0.499. The van der Waals surface area contributed by atoms with Gasteiger partial charge in [0.2, 0.25) is 5.91 Å². The van der Waals surface area contributed by atoms with Crippen molar-refractivity contribution < 1.29 is 14.4 Å². The van der Waals surface area contributed by atoms with E-state index in [2.05, 4.69) is 28.9 Å². The Hall–Kier alpha value is -2.99. The van der Waals surface area contributed by atoms with Crippen molar-refractivity contribution in [2.24, 2.45) is 0 Å². The van der Waals surface area contributed by atoms with Gasteiger partial charge >= 0.3 is 0 Å². The van der Waals surface area contributed by atoms with Crippen LogP contribution in [-0.4, -0.2) is 53.1 Å². The Labute approximate surface area is 188 Å². The van der Waals surface area contributed by atoms with Gasteiger partial charge in [-0.25, -0.2) is 0 Å². The van der Waals surface area contributed by atoms with E-state index in [0.717, 1.165) is 49.3 Å². The molecule has 3 heterocycles. The Morgan fingerprint density at radius 2 is 1.88 bits per heavy atom. The van der Waals surface area contributed by atoms with E-state index < -0.39 is 6.04 Å². The van der Waals surface area contributed by atoms with Gasteiger partial charge in [-0.2, -0.15) is 0 Å². The van der Waals surface area contributed by atoms with Crippen LogP contribution in [0.25, 0.3) is 0 Å². The quantitative estimate of drug-likeness (QED) is 0.796. The van der Waals surface area contributed by atoms with E-state index in [9.17, 15) is 14.4 Å². The van der Waals surface area contributed by atoms with Gasteiger partial charge in [0.05, 0.1) is 0 Å². The molecule has 4 aliphatic rings. The number of allylic oxidation sites excluding steroid dienone is 3. The number of carbonyl (C=O) groups excluding carboxylic acids is 3. The van der Waals surface area contributed by atoms with Gasteiger partial charge in [-0.3, -0.25) is 19.3 Å². The first-order valence-electron chi connectivity index (χ1n) is 11.5. The zero-order chi connectivity index (χ0) is 22.2. The van der Waals surface area contributed by atoms with Crippen LogP contribution in [0.5, 0.6) is 0 Å². The summed E-state index contributed by atoms with van der Waals surface area (Å²) in [5.41, 5.74) is 5.02. The maximum Gasteiger partial charge on any atom is 0.255 e. The standard InChI is InChI=1S/C26H29N3O3/c1-17-2-9-24(25(31)27-17)29-16-21-14-20(5-8-23(21)26(29)32)19-10-12-28(13-11-19)15-18-3-6-22(30)7-4-18/h3-6,8,14,19,24H,1-2,7,9-13,15-16H2,(H,27,31). The third-order valence-electron chi connectivity index (χ3n) is 7.17. The summed E-state index contributed by atoms with van der Waals surface area (Å²) < 4.78 is 0. The molecular weight excluding hydrogens is 402 g/mol. The molecule has 1 unspecified atom stereocenters. The molecule has 1 aromatic rings. The van der Waals surface area contributed by atoms with Gasteiger partial charge in [-0.15, -0.1) is 0 Å². The van der Waals surface area contributed by atoms with Gasteiger partial charge < -0.3 is 10.2 Å². The van der Waals surface area contributed by atoms with Crippen LogP contribution in [-0.2, 0) is 16.1 Å². The molecule has 0 spiro atoms. The van der Waals surface area contributed by atoms with Crippen LogP contribution in [0.15, 0.2) is 54.3 Å². The highest BCUT2D eigenvalue weighted by atomic mass is 16.2. The van der Waals surface area contributed by atoms with Gasteiger partial charge in [0.15, 0.2) is 5.78 Å². The fourth-order valence-electron chi connectivity index (χ4n) is 5.30. The number of hydrogen-bond donors (Lipinski definition) is 1. The van der Waals surface area contributed by atoms with Crippen molar-refractivity contribution in [3.63, 3.8) is 0 Å². The molecule has 0 bridgehead atoms. The minimum Gasteiger partial charge on any atom is -0.329 e. The second-order valence-electron chi connectivity index (χ2n) is 9.33. The summed E-state index contributed by atoms with van der Waals surface area (Å²) in [5, 5.41) is 2.80.